The third kappa shape index (κ3) is 54.2. The SMILES string of the molecule is C[NH+](C)C.O=C([O-])C(=O)[O-].O=C([O-])C(=O)[O-].[Fe+3]. The minimum absolute atomic E-state index is 0. The summed E-state index contributed by atoms with van der Waals surface area (Å²) in [7, 11) is 6.25. The molecule has 0 rings (SSSR count). The van der Waals surface area contributed by atoms with Crippen LogP contribution in [0.5, 0.6) is 0 Å². The number of quaternary nitrogens is 1. The predicted octanol–water partition coefficient (Wildman–Crippen LogP) is -8.27. The monoisotopic (exact) mass is 292 g/mol. The summed E-state index contributed by atoms with van der Waals surface area (Å²) in [5, 5.41) is 35.7. The standard InChI is InChI=1S/C3H9N.2C2H2O4.Fe/c1-4(2)3;2*3-1(4)2(5)6;/h1-3H3;2*(H,3,4)(H,5,6);/q;;;+3/p-3. The van der Waals surface area contributed by atoms with Crippen molar-refractivity contribution >= 4 is 23.9 Å². The molecule has 0 saturated heterocycles. The molecule has 17 heavy (non-hydrogen) atoms. The van der Waals surface area contributed by atoms with Crippen LogP contribution in [0.3, 0.4) is 0 Å². The molecule has 0 aromatic rings. The number of hydrogen-bond acceptors (Lipinski definition) is 8. The molecule has 9 nitrogen and oxygen atoms in total. The fourth-order valence-corrected chi connectivity index (χ4v) is 0. The fraction of sp³-hybridized carbons (Fsp3) is 0.429. The molecular weight excluding hydrogens is 282 g/mol. The molecular formula is C7H10FeNO8. The molecule has 0 aliphatic carbocycles. The van der Waals surface area contributed by atoms with Gasteiger partial charge in [0.05, 0.1) is 45.0 Å². The number of carbonyl (C=O) groups excluding carboxylic acids is 4. The molecule has 0 bridgehead atoms. The molecule has 0 aliphatic rings. The van der Waals surface area contributed by atoms with E-state index in [1.807, 2.05) is 0 Å². The maximum Gasteiger partial charge on any atom is 3.00 e. The molecule has 0 heterocycles. The Morgan fingerprint density at radius 3 is 0.706 bits per heavy atom. The van der Waals surface area contributed by atoms with E-state index in [2.05, 4.69) is 21.1 Å². The van der Waals surface area contributed by atoms with Crippen LogP contribution in [0.15, 0.2) is 0 Å². The quantitative estimate of drug-likeness (QED) is 0.339. The minimum Gasteiger partial charge on any atom is -0.543 e. The average Bonchev–Trinajstić information content (AvgIpc) is 2.03. The molecule has 0 amide bonds. The summed E-state index contributed by atoms with van der Waals surface area (Å²) in [5.74, 6) is -8.74. The maximum atomic E-state index is 8.93. The minimum atomic E-state index is -2.19. The Morgan fingerprint density at radius 1 is 0.647 bits per heavy atom. The molecule has 0 spiro atoms. The van der Waals surface area contributed by atoms with Crippen LogP contribution in [0.25, 0.3) is 0 Å². The Kier molecular flexibility index (Phi) is 20.7. The second-order valence-corrected chi connectivity index (χ2v) is 2.65. The van der Waals surface area contributed by atoms with Gasteiger partial charge in [0.15, 0.2) is 0 Å². The molecule has 99 valence electrons. The zero-order valence-electron chi connectivity index (χ0n) is 9.12. The van der Waals surface area contributed by atoms with E-state index in [1.54, 1.807) is 0 Å². The van der Waals surface area contributed by atoms with Crippen molar-refractivity contribution in [3.8, 4) is 0 Å². The predicted molar refractivity (Wildman–Crippen MR) is 38.8 cm³/mol. The third-order valence-corrected chi connectivity index (χ3v) is 0.333. The maximum absolute atomic E-state index is 8.93. The van der Waals surface area contributed by atoms with Crippen molar-refractivity contribution in [3.05, 3.63) is 0 Å². The van der Waals surface area contributed by atoms with Crippen molar-refractivity contribution in [3.63, 3.8) is 0 Å². The van der Waals surface area contributed by atoms with Crippen LogP contribution >= 0.6 is 0 Å². The first kappa shape index (κ1) is 24.5. The topological polar surface area (TPSA) is 165 Å². The van der Waals surface area contributed by atoms with Gasteiger partial charge in [-0.1, -0.05) is 0 Å². The Balaban J connectivity index is -0.0000000741. The van der Waals surface area contributed by atoms with Gasteiger partial charge >= 0.3 is 17.1 Å². The van der Waals surface area contributed by atoms with Crippen molar-refractivity contribution in [2.45, 2.75) is 0 Å². The van der Waals surface area contributed by atoms with Crippen LogP contribution in [0.4, 0.5) is 0 Å². The Bertz CT molecular complexity index is 214. The van der Waals surface area contributed by atoms with Crippen LogP contribution < -0.4 is 25.3 Å². The van der Waals surface area contributed by atoms with Gasteiger partial charge in [-0.15, -0.1) is 0 Å². The van der Waals surface area contributed by atoms with Gasteiger partial charge in [-0.05, 0) is 0 Å². The normalized spacial score (nSPS) is 7.29. The molecule has 0 fully saturated rings. The largest absolute Gasteiger partial charge is 3.00 e. The summed E-state index contributed by atoms with van der Waals surface area (Å²) in [5.41, 5.74) is 0. The summed E-state index contributed by atoms with van der Waals surface area (Å²) in [6, 6.07) is 0. The van der Waals surface area contributed by atoms with Crippen LogP contribution in [0, 0.1) is 0 Å². The van der Waals surface area contributed by atoms with Gasteiger partial charge in [-0.25, -0.2) is 0 Å². The van der Waals surface area contributed by atoms with E-state index in [-0.39, 0.29) is 17.1 Å². The van der Waals surface area contributed by atoms with Gasteiger partial charge in [0.1, 0.15) is 0 Å². The molecule has 1 radical (unpaired) electrons. The number of aliphatic carboxylic acids is 4. The van der Waals surface area contributed by atoms with Crippen LogP contribution in [0.1, 0.15) is 0 Å². The first-order chi connectivity index (χ1) is 7.02. The summed E-state index contributed by atoms with van der Waals surface area (Å²) in [6.45, 7) is 0. The molecule has 0 aliphatic heterocycles. The number of carboxylic acid groups (broad SMARTS) is 4. The average molecular weight is 292 g/mol. The Hall–Kier alpha value is -1.64. The van der Waals surface area contributed by atoms with Crippen LogP contribution in [-0.4, -0.2) is 45.0 Å². The second kappa shape index (κ2) is 14.4. The van der Waals surface area contributed by atoms with E-state index in [1.165, 1.54) is 4.90 Å². The first-order valence-corrected chi connectivity index (χ1v) is 3.63. The van der Waals surface area contributed by atoms with E-state index in [0.717, 1.165) is 0 Å². The summed E-state index contributed by atoms with van der Waals surface area (Å²) in [6.07, 6.45) is 0. The molecule has 0 saturated carbocycles. The van der Waals surface area contributed by atoms with Gasteiger partial charge in [-0.2, -0.15) is 0 Å². The number of hydrogen-bond donors (Lipinski definition) is 1. The molecule has 0 aromatic carbocycles. The van der Waals surface area contributed by atoms with Gasteiger partial charge in [-0.3, -0.25) is 0 Å². The first-order valence-electron chi connectivity index (χ1n) is 3.63. The zero-order chi connectivity index (χ0) is 13.9. The number of rotatable bonds is 0. The summed E-state index contributed by atoms with van der Waals surface area (Å²) < 4.78 is 0. The number of nitrogens with one attached hydrogen (secondary N) is 1. The van der Waals surface area contributed by atoms with E-state index >= 15 is 0 Å². The van der Waals surface area contributed by atoms with Gasteiger partial charge in [0, 0.05) is 0 Å². The smallest absolute Gasteiger partial charge is 0.543 e. The van der Waals surface area contributed by atoms with Gasteiger partial charge in [0.2, 0.25) is 0 Å². The summed E-state index contributed by atoms with van der Waals surface area (Å²) in [4.78, 5) is 37.1. The molecule has 10 heteroatoms. The molecule has 0 aromatic heterocycles. The van der Waals surface area contributed by atoms with Crippen molar-refractivity contribution in [2.24, 2.45) is 0 Å². The number of carboxylic acids is 4. The Labute approximate surface area is 107 Å². The van der Waals surface area contributed by atoms with Crippen molar-refractivity contribution in [2.75, 3.05) is 21.1 Å². The van der Waals surface area contributed by atoms with Crippen molar-refractivity contribution < 1.29 is 61.6 Å². The summed E-state index contributed by atoms with van der Waals surface area (Å²) >= 11 is 0. The Morgan fingerprint density at radius 2 is 0.706 bits per heavy atom. The number of carbonyl (C=O) groups is 4. The van der Waals surface area contributed by atoms with E-state index in [9.17, 15) is 0 Å². The molecule has 0 atom stereocenters. The van der Waals surface area contributed by atoms with Gasteiger partial charge in [0.25, 0.3) is 0 Å². The van der Waals surface area contributed by atoms with Gasteiger partial charge < -0.3 is 44.5 Å². The molecule has 0 unspecified atom stereocenters. The van der Waals surface area contributed by atoms with Crippen LogP contribution in [0.2, 0.25) is 0 Å². The van der Waals surface area contributed by atoms with E-state index < -0.39 is 23.9 Å². The second-order valence-electron chi connectivity index (χ2n) is 2.65. The van der Waals surface area contributed by atoms with Crippen molar-refractivity contribution in [1.82, 2.24) is 0 Å². The third-order valence-electron chi connectivity index (χ3n) is 0.333. The molecule has 1 N–H and O–H groups in total. The van der Waals surface area contributed by atoms with Crippen LogP contribution in [-0.2, 0) is 36.2 Å². The van der Waals surface area contributed by atoms with Crippen molar-refractivity contribution in [1.29, 1.82) is 0 Å². The zero-order valence-corrected chi connectivity index (χ0v) is 10.2. The van der Waals surface area contributed by atoms with E-state index in [0.29, 0.717) is 0 Å². The fourth-order valence-electron chi connectivity index (χ4n) is 0. The van der Waals surface area contributed by atoms with E-state index in [4.69, 9.17) is 39.6 Å².